The third-order valence-corrected chi connectivity index (χ3v) is 3.58. The first-order valence-corrected chi connectivity index (χ1v) is 6.36. The molecule has 3 rings (SSSR count). The number of thiol groups is 1. The summed E-state index contributed by atoms with van der Waals surface area (Å²) in [6.45, 7) is 2.07. The second-order valence-corrected chi connectivity index (χ2v) is 5.12. The van der Waals surface area contributed by atoms with Crippen LogP contribution in [0.3, 0.4) is 0 Å². The molecule has 0 saturated carbocycles. The first kappa shape index (κ1) is 11.6. The fourth-order valence-corrected chi connectivity index (χ4v) is 2.53. The van der Waals surface area contributed by atoms with E-state index in [1.54, 1.807) is 10.3 Å². The largest absolute Gasteiger partial charge is 0.275 e. The molecule has 0 atom stereocenters. The summed E-state index contributed by atoms with van der Waals surface area (Å²) in [6.07, 6.45) is 1.67. The van der Waals surface area contributed by atoms with Crippen LogP contribution in [0.5, 0.6) is 0 Å². The van der Waals surface area contributed by atoms with Crippen molar-refractivity contribution < 1.29 is 0 Å². The van der Waals surface area contributed by atoms with Crippen molar-refractivity contribution in [2.24, 2.45) is 0 Å². The Balaban J connectivity index is 2.26. The molecule has 0 fully saturated rings. The molecule has 0 spiro atoms. The molecule has 0 amide bonds. The van der Waals surface area contributed by atoms with Crippen LogP contribution < -0.4 is 0 Å². The van der Waals surface area contributed by atoms with Gasteiger partial charge < -0.3 is 0 Å². The Bertz CT molecular complexity index is 734. The van der Waals surface area contributed by atoms with E-state index in [1.165, 1.54) is 5.56 Å². The highest BCUT2D eigenvalue weighted by atomic mass is 35.5. The van der Waals surface area contributed by atoms with Gasteiger partial charge in [-0.25, -0.2) is 4.98 Å². The van der Waals surface area contributed by atoms with Crippen LogP contribution in [-0.4, -0.2) is 8.96 Å². The van der Waals surface area contributed by atoms with Crippen molar-refractivity contribution in [3.63, 3.8) is 0 Å². The number of fused-ring (bicyclic) bond motifs is 1. The topological polar surface area (TPSA) is 17.8 Å². The summed E-state index contributed by atoms with van der Waals surface area (Å²) in [5, 5.41) is 0.712. The summed E-state index contributed by atoms with van der Waals surface area (Å²) < 4.78 is 1.67. The predicted octanol–water partition coefficient (Wildman–Crippen LogP) is 4.36. The summed E-state index contributed by atoms with van der Waals surface area (Å²) >= 11 is 10.6. The minimum absolute atomic E-state index is 0.712. The molecule has 0 aliphatic rings. The first-order valence-electron chi connectivity index (χ1n) is 5.58. The maximum atomic E-state index is 6.34. The fraction of sp³-hybridized carbons (Fsp3) is 0.0714. The van der Waals surface area contributed by atoms with Crippen molar-refractivity contribution in [3.8, 4) is 11.1 Å². The Morgan fingerprint density at radius 3 is 2.83 bits per heavy atom. The molecule has 3 aromatic rings. The molecule has 1 heterocycles. The highest BCUT2D eigenvalue weighted by molar-refractivity contribution is 7.78. The second-order valence-electron chi connectivity index (χ2n) is 4.28. The van der Waals surface area contributed by atoms with Gasteiger partial charge in [-0.1, -0.05) is 54.2 Å². The third kappa shape index (κ3) is 1.89. The van der Waals surface area contributed by atoms with Gasteiger partial charge in [0.25, 0.3) is 0 Å². The average molecular weight is 275 g/mol. The molecule has 4 heteroatoms. The van der Waals surface area contributed by atoms with E-state index in [4.69, 9.17) is 11.6 Å². The molecule has 2 aromatic carbocycles. The van der Waals surface area contributed by atoms with Crippen molar-refractivity contribution in [3.05, 3.63) is 53.3 Å². The Hall–Kier alpha value is -1.45. The number of aryl methyl sites for hydroxylation is 1. The van der Waals surface area contributed by atoms with Gasteiger partial charge in [-0.15, -0.1) is 0 Å². The summed E-state index contributed by atoms with van der Waals surface area (Å²) in [6, 6.07) is 12.2. The summed E-state index contributed by atoms with van der Waals surface area (Å²) in [5.74, 6) is 0. The summed E-state index contributed by atoms with van der Waals surface area (Å²) in [7, 11) is 0. The van der Waals surface area contributed by atoms with Gasteiger partial charge in [-0.2, -0.15) is 0 Å². The molecule has 0 radical (unpaired) electrons. The molecule has 1 aromatic heterocycles. The maximum Gasteiger partial charge on any atom is 0.106 e. The number of rotatable bonds is 1. The Labute approximate surface area is 116 Å². The van der Waals surface area contributed by atoms with Gasteiger partial charge >= 0.3 is 0 Å². The molecular formula is C14H11ClN2S. The normalized spacial score (nSPS) is 11.1. The van der Waals surface area contributed by atoms with Crippen molar-refractivity contribution in [1.29, 1.82) is 0 Å². The van der Waals surface area contributed by atoms with Gasteiger partial charge in [0.15, 0.2) is 0 Å². The quantitative estimate of drug-likeness (QED) is 0.653. The van der Waals surface area contributed by atoms with Crippen LogP contribution in [0.15, 0.2) is 42.7 Å². The molecule has 0 unspecified atom stereocenters. The molecule has 0 saturated heterocycles. The molecule has 0 aliphatic carbocycles. The molecule has 90 valence electrons. The van der Waals surface area contributed by atoms with Crippen molar-refractivity contribution in [2.45, 2.75) is 6.92 Å². The zero-order valence-corrected chi connectivity index (χ0v) is 11.4. The number of benzene rings is 2. The standard InChI is InChI=1S/C14H11ClN2S/c1-9-3-2-4-10(5-9)11-6-13-14(7-12(11)15)17(18)8-16-13/h2-8,18H,1H3. The Morgan fingerprint density at radius 2 is 2.06 bits per heavy atom. The van der Waals surface area contributed by atoms with E-state index in [0.29, 0.717) is 5.02 Å². The second kappa shape index (κ2) is 4.34. The van der Waals surface area contributed by atoms with E-state index in [9.17, 15) is 0 Å². The van der Waals surface area contributed by atoms with E-state index in [2.05, 4.69) is 42.9 Å². The van der Waals surface area contributed by atoms with Crippen LogP contribution in [0.2, 0.25) is 5.02 Å². The minimum atomic E-state index is 0.712. The predicted molar refractivity (Wildman–Crippen MR) is 79.3 cm³/mol. The number of hydrogen-bond acceptors (Lipinski definition) is 2. The summed E-state index contributed by atoms with van der Waals surface area (Å²) in [4.78, 5) is 4.30. The molecular weight excluding hydrogens is 264 g/mol. The number of imidazole rings is 1. The SMILES string of the molecule is Cc1cccc(-c2cc3ncn(S)c3cc2Cl)c1. The molecule has 18 heavy (non-hydrogen) atoms. The number of halogens is 1. The number of aromatic nitrogens is 2. The molecule has 0 aliphatic heterocycles. The fourth-order valence-electron chi connectivity index (χ4n) is 2.05. The van der Waals surface area contributed by atoms with Gasteiger partial charge in [0.1, 0.15) is 6.33 Å². The maximum absolute atomic E-state index is 6.34. The van der Waals surface area contributed by atoms with Crippen molar-refractivity contribution in [1.82, 2.24) is 8.96 Å². The van der Waals surface area contributed by atoms with Crippen LogP contribution in [0, 0.1) is 6.92 Å². The van der Waals surface area contributed by atoms with Crippen LogP contribution in [0.4, 0.5) is 0 Å². The van der Waals surface area contributed by atoms with Crippen molar-refractivity contribution >= 4 is 35.4 Å². The van der Waals surface area contributed by atoms with Crippen LogP contribution in [-0.2, 0) is 0 Å². The van der Waals surface area contributed by atoms with E-state index in [-0.39, 0.29) is 0 Å². The lowest BCUT2D eigenvalue weighted by molar-refractivity contribution is 1.28. The van der Waals surface area contributed by atoms with Gasteiger partial charge in [0, 0.05) is 5.56 Å². The first-order chi connectivity index (χ1) is 8.65. The number of nitrogens with zero attached hydrogens (tertiary/aromatic N) is 2. The lowest BCUT2D eigenvalue weighted by Gasteiger charge is -2.06. The van der Waals surface area contributed by atoms with E-state index in [1.807, 2.05) is 18.2 Å². The monoisotopic (exact) mass is 274 g/mol. The average Bonchev–Trinajstić information content (AvgIpc) is 2.70. The van der Waals surface area contributed by atoms with Gasteiger partial charge in [0.05, 0.1) is 16.1 Å². The minimum Gasteiger partial charge on any atom is -0.275 e. The van der Waals surface area contributed by atoms with Crippen LogP contribution >= 0.6 is 24.4 Å². The number of hydrogen-bond donors (Lipinski definition) is 1. The van der Waals surface area contributed by atoms with Gasteiger partial charge in [-0.05, 0) is 24.6 Å². The Morgan fingerprint density at radius 1 is 1.22 bits per heavy atom. The summed E-state index contributed by atoms with van der Waals surface area (Å²) in [5.41, 5.74) is 5.13. The zero-order chi connectivity index (χ0) is 12.7. The molecule has 0 bridgehead atoms. The van der Waals surface area contributed by atoms with Crippen molar-refractivity contribution in [2.75, 3.05) is 0 Å². The van der Waals surface area contributed by atoms with Crippen LogP contribution in [0.25, 0.3) is 22.2 Å². The van der Waals surface area contributed by atoms with E-state index < -0.39 is 0 Å². The van der Waals surface area contributed by atoms with E-state index >= 15 is 0 Å². The van der Waals surface area contributed by atoms with Gasteiger partial charge in [0.2, 0.25) is 0 Å². The smallest absolute Gasteiger partial charge is 0.106 e. The lowest BCUT2D eigenvalue weighted by atomic mass is 10.0. The zero-order valence-electron chi connectivity index (χ0n) is 9.76. The molecule has 0 N–H and O–H groups in total. The highest BCUT2D eigenvalue weighted by Crippen LogP contribution is 2.32. The third-order valence-electron chi connectivity index (χ3n) is 2.95. The Kier molecular flexibility index (Phi) is 2.80. The highest BCUT2D eigenvalue weighted by Gasteiger charge is 2.09. The molecule has 2 nitrogen and oxygen atoms in total. The lowest BCUT2D eigenvalue weighted by Crippen LogP contribution is -1.83. The van der Waals surface area contributed by atoms with Crippen LogP contribution in [0.1, 0.15) is 5.56 Å². The van der Waals surface area contributed by atoms with Gasteiger partial charge in [-0.3, -0.25) is 3.97 Å². The van der Waals surface area contributed by atoms with E-state index in [0.717, 1.165) is 22.2 Å².